The fourth-order valence-corrected chi connectivity index (χ4v) is 3.03. The van der Waals surface area contributed by atoms with Crippen LogP contribution in [0.2, 0.25) is 5.02 Å². The van der Waals surface area contributed by atoms with Crippen molar-refractivity contribution >= 4 is 24.0 Å². The quantitative estimate of drug-likeness (QED) is 0.909. The second-order valence-electron chi connectivity index (χ2n) is 4.90. The number of hydrogen-bond donors (Lipinski definition) is 1. The summed E-state index contributed by atoms with van der Waals surface area (Å²) in [6.07, 6.45) is -2.49. The van der Waals surface area contributed by atoms with Crippen LogP contribution in [0.15, 0.2) is 18.2 Å². The Balaban J connectivity index is 0.00000200. The molecule has 114 valence electrons. The highest BCUT2D eigenvalue weighted by Crippen LogP contribution is 2.34. The molecule has 0 spiro atoms. The van der Waals surface area contributed by atoms with Gasteiger partial charge in [-0.1, -0.05) is 23.7 Å². The van der Waals surface area contributed by atoms with Gasteiger partial charge in [-0.25, -0.2) is 8.78 Å². The third-order valence-electron chi connectivity index (χ3n) is 3.60. The Morgan fingerprint density at radius 2 is 1.95 bits per heavy atom. The standard InChI is InChI=1S/C14H19ClF2N2.ClH/c1-10-3-2-4-11(15)14(10)12(9-13(16)17)19-7-5-18-6-8-19;/h2-4,12-13,18H,5-9H2,1H3;1H/t12-;/m0./s1. The normalized spacial score (nSPS) is 17.9. The van der Waals surface area contributed by atoms with Crippen molar-refractivity contribution in [3.05, 3.63) is 34.3 Å². The number of nitrogens with zero attached hydrogens (tertiary/aromatic N) is 1. The zero-order valence-electron chi connectivity index (χ0n) is 11.4. The molecule has 1 saturated heterocycles. The third-order valence-corrected chi connectivity index (χ3v) is 3.93. The van der Waals surface area contributed by atoms with Crippen molar-refractivity contribution in [3.8, 4) is 0 Å². The first-order chi connectivity index (χ1) is 9.09. The van der Waals surface area contributed by atoms with E-state index in [0.717, 1.165) is 37.3 Å². The van der Waals surface area contributed by atoms with Gasteiger partial charge in [0.15, 0.2) is 0 Å². The summed E-state index contributed by atoms with van der Waals surface area (Å²) in [5.74, 6) is 0. The monoisotopic (exact) mass is 324 g/mol. The fourth-order valence-electron chi connectivity index (χ4n) is 2.68. The molecule has 2 nitrogen and oxygen atoms in total. The molecule has 1 aliphatic rings. The average molecular weight is 325 g/mol. The molecule has 1 aromatic rings. The van der Waals surface area contributed by atoms with Crippen LogP contribution in [0.25, 0.3) is 0 Å². The van der Waals surface area contributed by atoms with E-state index in [1.807, 2.05) is 19.1 Å². The smallest absolute Gasteiger partial charge is 0.240 e. The van der Waals surface area contributed by atoms with E-state index in [1.54, 1.807) is 6.07 Å². The zero-order valence-corrected chi connectivity index (χ0v) is 13.0. The predicted molar refractivity (Wildman–Crippen MR) is 81.2 cm³/mol. The van der Waals surface area contributed by atoms with E-state index < -0.39 is 6.43 Å². The maximum Gasteiger partial charge on any atom is 0.240 e. The molecule has 1 N–H and O–H groups in total. The van der Waals surface area contributed by atoms with Gasteiger partial charge in [0.05, 0.1) is 0 Å². The molecule has 0 bridgehead atoms. The summed E-state index contributed by atoms with van der Waals surface area (Å²) in [6.45, 7) is 5.17. The molecule has 0 radical (unpaired) electrons. The van der Waals surface area contributed by atoms with E-state index in [-0.39, 0.29) is 24.9 Å². The first-order valence-corrected chi connectivity index (χ1v) is 6.95. The van der Waals surface area contributed by atoms with Crippen molar-refractivity contribution in [1.29, 1.82) is 0 Å². The second kappa shape index (κ2) is 8.13. The molecule has 1 fully saturated rings. The molecule has 2 rings (SSSR count). The summed E-state index contributed by atoms with van der Waals surface area (Å²) in [7, 11) is 0. The number of benzene rings is 1. The molecule has 20 heavy (non-hydrogen) atoms. The SMILES string of the molecule is Cc1cccc(Cl)c1[C@H](CC(F)F)N1CCNCC1.Cl. The first-order valence-electron chi connectivity index (χ1n) is 6.57. The number of hydrogen-bond acceptors (Lipinski definition) is 2. The Morgan fingerprint density at radius 1 is 1.30 bits per heavy atom. The average Bonchev–Trinajstić information content (AvgIpc) is 2.38. The lowest BCUT2D eigenvalue weighted by Gasteiger charge is -2.36. The van der Waals surface area contributed by atoms with Gasteiger partial charge in [0.1, 0.15) is 0 Å². The van der Waals surface area contributed by atoms with Crippen LogP contribution in [0.1, 0.15) is 23.6 Å². The lowest BCUT2D eigenvalue weighted by Crippen LogP contribution is -2.45. The molecule has 1 heterocycles. The first kappa shape index (κ1) is 17.6. The number of alkyl halides is 2. The zero-order chi connectivity index (χ0) is 13.8. The van der Waals surface area contributed by atoms with Crippen LogP contribution in [-0.2, 0) is 0 Å². The van der Waals surface area contributed by atoms with Crippen LogP contribution in [0.3, 0.4) is 0 Å². The van der Waals surface area contributed by atoms with Crippen molar-refractivity contribution in [2.75, 3.05) is 26.2 Å². The van der Waals surface area contributed by atoms with Gasteiger partial charge in [-0.05, 0) is 24.1 Å². The Labute approximate surface area is 129 Å². The predicted octanol–water partition coefficient (Wildman–Crippen LogP) is 3.67. The van der Waals surface area contributed by atoms with Crippen molar-refractivity contribution in [1.82, 2.24) is 10.2 Å². The van der Waals surface area contributed by atoms with E-state index in [9.17, 15) is 8.78 Å². The van der Waals surface area contributed by atoms with Crippen LogP contribution in [-0.4, -0.2) is 37.5 Å². The Morgan fingerprint density at radius 3 is 2.50 bits per heavy atom. The van der Waals surface area contributed by atoms with Crippen LogP contribution >= 0.6 is 24.0 Å². The molecule has 0 aromatic heterocycles. The minimum atomic E-state index is -2.32. The summed E-state index contributed by atoms with van der Waals surface area (Å²) in [6, 6.07) is 5.28. The maximum absolute atomic E-state index is 12.9. The highest BCUT2D eigenvalue weighted by Gasteiger charge is 2.28. The van der Waals surface area contributed by atoms with Gasteiger partial charge in [0.25, 0.3) is 0 Å². The van der Waals surface area contributed by atoms with Crippen LogP contribution in [0.4, 0.5) is 8.78 Å². The van der Waals surface area contributed by atoms with E-state index in [4.69, 9.17) is 11.6 Å². The van der Waals surface area contributed by atoms with E-state index in [1.165, 1.54) is 0 Å². The number of rotatable bonds is 4. The van der Waals surface area contributed by atoms with Gasteiger partial charge in [0.2, 0.25) is 6.43 Å². The highest BCUT2D eigenvalue weighted by molar-refractivity contribution is 6.31. The number of aryl methyl sites for hydroxylation is 1. The molecular formula is C14H20Cl2F2N2. The topological polar surface area (TPSA) is 15.3 Å². The van der Waals surface area contributed by atoms with Crippen LogP contribution in [0, 0.1) is 6.92 Å². The van der Waals surface area contributed by atoms with Crippen LogP contribution < -0.4 is 5.32 Å². The Bertz CT molecular complexity index is 403. The van der Waals surface area contributed by atoms with E-state index in [2.05, 4.69) is 10.2 Å². The van der Waals surface area contributed by atoms with Gasteiger partial charge in [-0.15, -0.1) is 12.4 Å². The van der Waals surface area contributed by atoms with E-state index >= 15 is 0 Å². The van der Waals surface area contributed by atoms with Crippen molar-refractivity contribution in [2.24, 2.45) is 0 Å². The second-order valence-corrected chi connectivity index (χ2v) is 5.31. The lowest BCUT2D eigenvalue weighted by molar-refractivity contribution is 0.0737. The highest BCUT2D eigenvalue weighted by atomic mass is 35.5. The van der Waals surface area contributed by atoms with Crippen LogP contribution in [0.5, 0.6) is 0 Å². The van der Waals surface area contributed by atoms with Crippen molar-refractivity contribution < 1.29 is 8.78 Å². The van der Waals surface area contributed by atoms with Crippen molar-refractivity contribution in [3.63, 3.8) is 0 Å². The number of halogens is 4. The molecule has 1 atom stereocenters. The largest absolute Gasteiger partial charge is 0.314 e. The molecule has 6 heteroatoms. The van der Waals surface area contributed by atoms with Gasteiger partial charge in [-0.2, -0.15) is 0 Å². The minimum absolute atomic E-state index is 0. The molecule has 0 unspecified atom stereocenters. The molecular weight excluding hydrogens is 305 g/mol. The summed E-state index contributed by atoms with van der Waals surface area (Å²) >= 11 is 6.24. The summed E-state index contributed by atoms with van der Waals surface area (Å²) in [4.78, 5) is 2.11. The molecule has 1 aliphatic heterocycles. The molecule has 1 aromatic carbocycles. The van der Waals surface area contributed by atoms with Crippen molar-refractivity contribution in [2.45, 2.75) is 25.8 Å². The van der Waals surface area contributed by atoms with Gasteiger partial charge in [-0.3, -0.25) is 4.90 Å². The summed E-state index contributed by atoms with van der Waals surface area (Å²) < 4.78 is 25.8. The summed E-state index contributed by atoms with van der Waals surface area (Å²) in [5, 5.41) is 3.83. The third kappa shape index (κ3) is 4.29. The minimum Gasteiger partial charge on any atom is -0.314 e. The number of piperazine rings is 1. The Kier molecular flexibility index (Phi) is 7.17. The fraction of sp³-hybridized carbons (Fsp3) is 0.571. The Hall–Kier alpha value is -0.420. The van der Waals surface area contributed by atoms with Gasteiger partial charge >= 0.3 is 0 Å². The summed E-state index contributed by atoms with van der Waals surface area (Å²) in [5.41, 5.74) is 1.84. The van der Waals surface area contributed by atoms with Gasteiger partial charge in [0, 0.05) is 43.7 Å². The lowest BCUT2D eigenvalue weighted by atomic mass is 9.96. The maximum atomic E-state index is 12.9. The van der Waals surface area contributed by atoms with Gasteiger partial charge < -0.3 is 5.32 Å². The number of nitrogens with one attached hydrogen (secondary N) is 1. The molecule has 0 amide bonds. The van der Waals surface area contributed by atoms with E-state index in [0.29, 0.717) is 5.02 Å². The molecule has 0 aliphatic carbocycles. The molecule has 0 saturated carbocycles.